The summed E-state index contributed by atoms with van der Waals surface area (Å²) in [6, 6.07) is 9.04. The van der Waals surface area contributed by atoms with Crippen molar-refractivity contribution in [3.8, 4) is 11.5 Å². The lowest BCUT2D eigenvalue weighted by Crippen LogP contribution is -2.40. The molecule has 37 heavy (non-hydrogen) atoms. The molecule has 7 rings (SSSR count). The summed E-state index contributed by atoms with van der Waals surface area (Å²) in [5, 5.41) is 32.4. The van der Waals surface area contributed by atoms with Gasteiger partial charge in [-0.1, -0.05) is 0 Å². The van der Waals surface area contributed by atoms with Crippen molar-refractivity contribution in [1.29, 1.82) is 0 Å². The number of aliphatic hydroxyl groups is 1. The van der Waals surface area contributed by atoms with Crippen LogP contribution in [0.2, 0.25) is 0 Å². The van der Waals surface area contributed by atoms with Gasteiger partial charge in [0, 0.05) is 29.6 Å². The summed E-state index contributed by atoms with van der Waals surface area (Å²) in [7, 11) is 0. The first-order valence-corrected chi connectivity index (χ1v) is 13.2. The number of oxazole rings is 1. The second-order valence-corrected chi connectivity index (χ2v) is 10.9. The molecule has 0 unspecified atom stereocenters. The Hall–Kier alpha value is -3.72. The summed E-state index contributed by atoms with van der Waals surface area (Å²) in [6.45, 7) is 0. The van der Waals surface area contributed by atoms with Gasteiger partial charge in [-0.15, -0.1) is 0 Å². The zero-order chi connectivity index (χ0) is 25.1. The van der Waals surface area contributed by atoms with E-state index >= 15 is 0 Å². The minimum absolute atomic E-state index is 0.0592. The number of carbonyl (C=O) groups is 1. The van der Waals surface area contributed by atoms with Crippen molar-refractivity contribution >= 4 is 22.5 Å². The summed E-state index contributed by atoms with van der Waals surface area (Å²) in [5.74, 6) is 0.581. The standard InChI is InChI=1S/C28H29N5O4/c34-26(25-3-1-2-24(33(25)36)17-4-5-17)30-23-14-18-16-32(20-8-10-28(35,11-9-20)19-6-7-19)31-22(18)15-21(23)27-29-12-13-37-27/h1-3,12-17,19-20,35H,4-11H2,(H,30,34). The van der Waals surface area contributed by atoms with E-state index in [2.05, 4.69) is 10.3 Å². The molecule has 3 aliphatic carbocycles. The summed E-state index contributed by atoms with van der Waals surface area (Å²) in [4.78, 5) is 17.5. The van der Waals surface area contributed by atoms with Gasteiger partial charge in [-0.2, -0.15) is 9.83 Å². The van der Waals surface area contributed by atoms with Gasteiger partial charge in [0.05, 0.1) is 34.6 Å². The number of benzene rings is 1. The molecule has 9 heteroatoms. The number of aromatic nitrogens is 4. The normalized spacial score (nSPS) is 23.9. The highest BCUT2D eigenvalue weighted by Crippen LogP contribution is 2.49. The zero-order valence-electron chi connectivity index (χ0n) is 20.5. The number of fused-ring (bicyclic) bond motifs is 1. The third-order valence-corrected chi connectivity index (χ3v) is 8.31. The van der Waals surface area contributed by atoms with E-state index in [-0.39, 0.29) is 17.7 Å². The minimum atomic E-state index is -0.506. The molecule has 3 aliphatic rings. The largest absolute Gasteiger partial charge is 0.618 e. The van der Waals surface area contributed by atoms with Gasteiger partial charge < -0.3 is 20.0 Å². The first kappa shape index (κ1) is 22.5. The van der Waals surface area contributed by atoms with E-state index in [0.717, 1.165) is 67.0 Å². The number of amides is 1. The van der Waals surface area contributed by atoms with Crippen LogP contribution in [0.5, 0.6) is 0 Å². The van der Waals surface area contributed by atoms with Gasteiger partial charge >= 0.3 is 5.91 Å². The number of anilines is 1. The Labute approximate surface area is 213 Å². The monoisotopic (exact) mass is 499 g/mol. The third kappa shape index (κ3) is 4.07. The lowest BCUT2D eigenvalue weighted by atomic mass is 9.79. The van der Waals surface area contributed by atoms with Crippen LogP contribution >= 0.6 is 0 Å². The number of rotatable bonds is 6. The first-order chi connectivity index (χ1) is 18.0. The Morgan fingerprint density at radius 3 is 2.68 bits per heavy atom. The molecular weight excluding hydrogens is 470 g/mol. The molecule has 0 atom stereocenters. The highest BCUT2D eigenvalue weighted by molar-refractivity contribution is 6.05. The summed E-state index contributed by atoms with van der Waals surface area (Å²) < 4.78 is 8.30. The van der Waals surface area contributed by atoms with Crippen LogP contribution < -0.4 is 10.0 Å². The number of hydrogen-bond donors (Lipinski definition) is 2. The molecule has 0 bridgehead atoms. The van der Waals surface area contributed by atoms with E-state index in [1.165, 1.54) is 6.26 Å². The van der Waals surface area contributed by atoms with E-state index in [9.17, 15) is 15.1 Å². The van der Waals surface area contributed by atoms with Gasteiger partial charge in [0.2, 0.25) is 5.89 Å². The predicted octanol–water partition coefficient (Wildman–Crippen LogP) is 4.71. The van der Waals surface area contributed by atoms with Gasteiger partial charge in [0.15, 0.2) is 5.69 Å². The lowest BCUT2D eigenvalue weighted by Gasteiger charge is -2.36. The second kappa shape index (κ2) is 8.41. The average molecular weight is 500 g/mol. The average Bonchev–Trinajstić information content (AvgIpc) is 3.83. The minimum Gasteiger partial charge on any atom is -0.618 e. The Bertz CT molecular complexity index is 1480. The zero-order valence-corrected chi connectivity index (χ0v) is 20.5. The van der Waals surface area contributed by atoms with E-state index in [4.69, 9.17) is 9.52 Å². The predicted molar refractivity (Wildman–Crippen MR) is 136 cm³/mol. The number of hydrogen-bond acceptors (Lipinski definition) is 6. The number of nitrogens with one attached hydrogen (secondary N) is 1. The molecule has 0 saturated heterocycles. The maximum Gasteiger partial charge on any atom is 0.321 e. The molecule has 0 aliphatic heterocycles. The number of carbonyl (C=O) groups excluding carboxylic acids is 1. The molecule has 1 amide bonds. The Morgan fingerprint density at radius 1 is 1.16 bits per heavy atom. The van der Waals surface area contributed by atoms with Gasteiger partial charge in [0.1, 0.15) is 6.26 Å². The van der Waals surface area contributed by atoms with Crippen LogP contribution in [0.25, 0.3) is 22.4 Å². The molecule has 0 radical (unpaired) electrons. The summed E-state index contributed by atoms with van der Waals surface area (Å²) in [6.07, 6.45) is 12.6. The van der Waals surface area contributed by atoms with Crippen LogP contribution in [0.3, 0.4) is 0 Å². The first-order valence-electron chi connectivity index (χ1n) is 13.2. The third-order valence-electron chi connectivity index (χ3n) is 8.31. The topological polar surface area (TPSA) is 120 Å². The molecule has 3 fully saturated rings. The molecule has 9 nitrogen and oxygen atoms in total. The molecule has 2 N–H and O–H groups in total. The van der Waals surface area contributed by atoms with Crippen molar-refractivity contribution in [2.45, 2.75) is 68.9 Å². The second-order valence-electron chi connectivity index (χ2n) is 10.9. The van der Waals surface area contributed by atoms with Crippen molar-refractivity contribution in [2.75, 3.05) is 5.32 Å². The van der Waals surface area contributed by atoms with E-state index in [1.807, 2.05) is 23.0 Å². The van der Waals surface area contributed by atoms with Crippen LogP contribution in [0.15, 0.2) is 53.4 Å². The van der Waals surface area contributed by atoms with Crippen molar-refractivity contribution in [3.63, 3.8) is 0 Å². The molecule has 3 saturated carbocycles. The lowest BCUT2D eigenvalue weighted by molar-refractivity contribution is -0.616. The molecule has 3 heterocycles. The number of pyridine rings is 1. The van der Waals surface area contributed by atoms with Crippen LogP contribution in [0.1, 0.15) is 79.5 Å². The van der Waals surface area contributed by atoms with Crippen molar-refractivity contribution in [3.05, 3.63) is 65.6 Å². The Kier molecular flexibility index (Phi) is 5.11. The quantitative estimate of drug-likeness (QED) is 0.293. The molecule has 0 spiro atoms. The highest BCUT2D eigenvalue weighted by atomic mass is 16.5. The molecule has 4 aromatic rings. The van der Waals surface area contributed by atoms with Gasteiger partial charge in [-0.25, -0.2) is 4.98 Å². The molecular formula is C28H29N5O4. The molecule has 1 aromatic carbocycles. The van der Waals surface area contributed by atoms with Gasteiger partial charge in [-0.3, -0.25) is 9.48 Å². The van der Waals surface area contributed by atoms with E-state index < -0.39 is 11.5 Å². The molecule has 190 valence electrons. The van der Waals surface area contributed by atoms with Crippen molar-refractivity contribution < 1.29 is 19.0 Å². The Morgan fingerprint density at radius 2 is 1.97 bits per heavy atom. The fraction of sp³-hybridized carbons (Fsp3) is 0.429. The maximum atomic E-state index is 13.2. The maximum absolute atomic E-state index is 13.2. The van der Waals surface area contributed by atoms with Crippen molar-refractivity contribution in [1.82, 2.24) is 14.8 Å². The summed E-state index contributed by atoms with van der Waals surface area (Å²) >= 11 is 0. The smallest absolute Gasteiger partial charge is 0.321 e. The summed E-state index contributed by atoms with van der Waals surface area (Å²) in [5.41, 5.74) is 2.06. The van der Waals surface area contributed by atoms with Crippen molar-refractivity contribution in [2.24, 2.45) is 5.92 Å². The van der Waals surface area contributed by atoms with Crippen LogP contribution in [0.4, 0.5) is 5.69 Å². The molecule has 3 aromatic heterocycles. The SMILES string of the molecule is O=C(Nc1cc2cn(C3CCC(O)(C4CC4)CC3)nc2cc1-c1ncco1)c1cccc(C2CC2)[n+]1[O-]. The fourth-order valence-corrected chi connectivity index (χ4v) is 5.86. The van der Waals surface area contributed by atoms with E-state index in [0.29, 0.717) is 28.8 Å². The van der Waals surface area contributed by atoms with Crippen LogP contribution in [-0.4, -0.2) is 31.4 Å². The van der Waals surface area contributed by atoms with Gasteiger partial charge in [0.25, 0.3) is 5.69 Å². The van der Waals surface area contributed by atoms with E-state index in [1.54, 1.807) is 24.4 Å². The Balaban J connectivity index is 1.20. The van der Waals surface area contributed by atoms with Crippen LogP contribution in [-0.2, 0) is 0 Å². The fourth-order valence-electron chi connectivity index (χ4n) is 5.86. The van der Waals surface area contributed by atoms with Gasteiger partial charge in [-0.05, 0) is 75.5 Å². The van der Waals surface area contributed by atoms with Crippen LogP contribution in [0, 0.1) is 11.1 Å². The number of nitrogens with zero attached hydrogens (tertiary/aromatic N) is 4. The highest BCUT2D eigenvalue weighted by Gasteiger charge is 2.46.